The van der Waals surface area contributed by atoms with Crippen molar-refractivity contribution in [3.05, 3.63) is 23.0 Å². The molecule has 1 aromatic rings. The summed E-state index contributed by atoms with van der Waals surface area (Å²) in [7, 11) is 0. The molecule has 1 rings (SSSR count). The molecule has 4 nitrogen and oxygen atoms in total. The standard InChI is InChI=1S/C15H23N3O/c1-10-8-13(12(9-16)11(2)17-10)18-14(6-7-19)15(3,4)5/h8,14,19H,6-7H2,1-5H3,(H,17,18). The van der Waals surface area contributed by atoms with E-state index in [1.54, 1.807) is 0 Å². The van der Waals surface area contributed by atoms with Crippen LogP contribution in [0.4, 0.5) is 5.69 Å². The van der Waals surface area contributed by atoms with Crippen LogP contribution in [0.2, 0.25) is 0 Å². The molecule has 0 aromatic carbocycles. The molecule has 4 heteroatoms. The molecule has 104 valence electrons. The topological polar surface area (TPSA) is 68.9 Å². The molecular weight excluding hydrogens is 238 g/mol. The highest BCUT2D eigenvalue weighted by molar-refractivity contribution is 5.60. The maximum absolute atomic E-state index is 9.26. The molecule has 0 aliphatic rings. The minimum absolute atomic E-state index is 0.000531. The zero-order valence-corrected chi connectivity index (χ0v) is 12.4. The minimum Gasteiger partial charge on any atom is -0.396 e. The highest BCUT2D eigenvalue weighted by Crippen LogP contribution is 2.28. The summed E-state index contributed by atoms with van der Waals surface area (Å²) in [5.74, 6) is 0. The van der Waals surface area contributed by atoms with E-state index in [2.05, 4.69) is 37.1 Å². The average molecular weight is 261 g/mol. The molecule has 2 N–H and O–H groups in total. The second-order valence-corrected chi connectivity index (χ2v) is 5.96. The SMILES string of the molecule is Cc1cc(NC(CCO)C(C)(C)C)c(C#N)c(C)n1. The van der Waals surface area contributed by atoms with E-state index in [1.807, 2.05) is 19.9 Å². The van der Waals surface area contributed by atoms with Gasteiger partial charge < -0.3 is 10.4 Å². The quantitative estimate of drug-likeness (QED) is 0.874. The number of aryl methyl sites for hydroxylation is 2. The molecule has 0 fully saturated rings. The number of nitriles is 1. The molecule has 0 spiro atoms. The predicted molar refractivity (Wildman–Crippen MR) is 77.0 cm³/mol. The van der Waals surface area contributed by atoms with Crippen LogP contribution >= 0.6 is 0 Å². The summed E-state index contributed by atoms with van der Waals surface area (Å²) < 4.78 is 0. The van der Waals surface area contributed by atoms with Crippen LogP contribution in [0.25, 0.3) is 0 Å². The molecule has 19 heavy (non-hydrogen) atoms. The van der Waals surface area contributed by atoms with Crippen LogP contribution in [-0.2, 0) is 0 Å². The van der Waals surface area contributed by atoms with Gasteiger partial charge in [0.1, 0.15) is 6.07 Å². The van der Waals surface area contributed by atoms with E-state index in [9.17, 15) is 10.4 Å². The Kier molecular flexibility index (Phi) is 4.90. The molecule has 1 aromatic heterocycles. The minimum atomic E-state index is 0.000531. The lowest BCUT2D eigenvalue weighted by atomic mass is 9.84. The van der Waals surface area contributed by atoms with Gasteiger partial charge in [0, 0.05) is 18.3 Å². The van der Waals surface area contributed by atoms with Gasteiger partial charge >= 0.3 is 0 Å². The highest BCUT2D eigenvalue weighted by Gasteiger charge is 2.25. The Hall–Kier alpha value is -1.60. The lowest BCUT2D eigenvalue weighted by molar-refractivity contribution is 0.235. The van der Waals surface area contributed by atoms with Crippen LogP contribution in [0.15, 0.2) is 6.07 Å². The summed E-state index contributed by atoms with van der Waals surface area (Å²) >= 11 is 0. The summed E-state index contributed by atoms with van der Waals surface area (Å²) in [6.45, 7) is 10.2. The summed E-state index contributed by atoms with van der Waals surface area (Å²) in [5, 5.41) is 21.9. The molecule has 0 saturated heterocycles. The first kappa shape index (κ1) is 15.5. The zero-order valence-electron chi connectivity index (χ0n) is 12.4. The molecule has 0 aliphatic heterocycles. The monoisotopic (exact) mass is 261 g/mol. The van der Waals surface area contributed by atoms with E-state index in [4.69, 9.17) is 0 Å². The van der Waals surface area contributed by atoms with E-state index in [-0.39, 0.29) is 18.1 Å². The number of aromatic nitrogens is 1. The number of anilines is 1. The van der Waals surface area contributed by atoms with Crippen molar-refractivity contribution >= 4 is 5.69 Å². The van der Waals surface area contributed by atoms with Gasteiger partial charge in [0.15, 0.2) is 0 Å². The van der Waals surface area contributed by atoms with Gasteiger partial charge in [0.25, 0.3) is 0 Å². The maximum Gasteiger partial charge on any atom is 0.103 e. The van der Waals surface area contributed by atoms with E-state index < -0.39 is 0 Å². The maximum atomic E-state index is 9.26. The van der Waals surface area contributed by atoms with Gasteiger partial charge in [0.05, 0.1) is 16.9 Å². The van der Waals surface area contributed by atoms with E-state index in [0.29, 0.717) is 12.0 Å². The number of aliphatic hydroxyl groups excluding tert-OH is 1. The van der Waals surface area contributed by atoms with Crippen molar-refractivity contribution in [2.45, 2.75) is 47.1 Å². The molecule has 0 radical (unpaired) electrons. The lowest BCUT2D eigenvalue weighted by Crippen LogP contribution is -2.35. The Balaban J connectivity index is 3.13. The fourth-order valence-electron chi connectivity index (χ4n) is 2.12. The van der Waals surface area contributed by atoms with Crippen LogP contribution in [0.5, 0.6) is 0 Å². The summed E-state index contributed by atoms with van der Waals surface area (Å²) in [5.41, 5.74) is 3.01. The normalized spacial score (nSPS) is 12.9. The lowest BCUT2D eigenvalue weighted by Gasteiger charge is -2.32. The summed E-state index contributed by atoms with van der Waals surface area (Å²) in [4.78, 5) is 4.31. The number of nitrogens with one attached hydrogen (secondary N) is 1. The fraction of sp³-hybridized carbons (Fsp3) is 0.600. The van der Waals surface area contributed by atoms with Gasteiger partial charge in [-0.3, -0.25) is 4.98 Å². The van der Waals surface area contributed by atoms with Crippen molar-refractivity contribution in [2.24, 2.45) is 5.41 Å². The van der Waals surface area contributed by atoms with E-state index >= 15 is 0 Å². The third kappa shape index (κ3) is 3.93. The van der Waals surface area contributed by atoms with Crippen LogP contribution in [0.1, 0.15) is 44.1 Å². The molecule has 1 atom stereocenters. The Morgan fingerprint density at radius 3 is 2.53 bits per heavy atom. The van der Waals surface area contributed by atoms with Crippen molar-refractivity contribution in [2.75, 3.05) is 11.9 Å². The van der Waals surface area contributed by atoms with Crippen molar-refractivity contribution in [3.63, 3.8) is 0 Å². The van der Waals surface area contributed by atoms with Crippen molar-refractivity contribution < 1.29 is 5.11 Å². The Morgan fingerprint density at radius 2 is 2.05 bits per heavy atom. The van der Waals surface area contributed by atoms with Crippen LogP contribution < -0.4 is 5.32 Å². The molecular formula is C15H23N3O. The molecule has 1 unspecified atom stereocenters. The highest BCUT2D eigenvalue weighted by atomic mass is 16.3. The average Bonchev–Trinajstić information content (AvgIpc) is 2.26. The van der Waals surface area contributed by atoms with Crippen molar-refractivity contribution in [3.8, 4) is 6.07 Å². The third-order valence-electron chi connectivity index (χ3n) is 3.23. The fourth-order valence-corrected chi connectivity index (χ4v) is 2.12. The Bertz CT molecular complexity index is 483. The van der Waals surface area contributed by atoms with Gasteiger partial charge in [-0.25, -0.2) is 0 Å². The van der Waals surface area contributed by atoms with Gasteiger partial charge in [-0.15, -0.1) is 0 Å². The predicted octanol–water partition coefficient (Wildman–Crippen LogP) is 2.78. The van der Waals surface area contributed by atoms with E-state index in [1.165, 1.54) is 0 Å². The van der Waals surface area contributed by atoms with Gasteiger partial charge in [-0.2, -0.15) is 5.26 Å². The third-order valence-corrected chi connectivity index (χ3v) is 3.23. The molecule has 0 aliphatic carbocycles. The Morgan fingerprint density at radius 1 is 1.42 bits per heavy atom. The number of nitrogens with zero attached hydrogens (tertiary/aromatic N) is 2. The second-order valence-electron chi connectivity index (χ2n) is 5.96. The molecule has 1 heterocycles. The second kappa shape index (κ2) is 6.03. The van der Waals surface area contributed by atoms with Gasteiger partial charge in [-0.05, 0) is 31.7 Å². The zero-order chi connectivity index (χ0) is 14.6. The number of aliphatic hydroxyl groups is 1. The Labute approximate surface area is 115 Å². The van der Waals surface area contributed by atoms with Crippen LogP contribution in [0.3, 0.4) is 0 Å². The van der Waals surface area contributed by atoms with Gasteiger partial charge in [-0.1, -0.05) is 20.8 Å². The van der Waals surface area contributed by atoms with Crippen LogP contribution in [0, 0.1) is 30.6 Å². The number of hydrogen-bond acceptors (Lipinski definition) is 4. The first-order chi connectivity index (χ1) is 8.79. The summed E-state index contributed by atoms with van der Waals surface area (Å²) in [6.07, 6.45) is 0.648. The first-order valence-electron chi connectivity index (χ1n) is 6.55. The number of rotatable bonds is 4. The molecule has 0 saturated carbocycles. The summed E-state index contributed by atoms with van der Waals surface area (Å²) in [6, 6.07) is 4.20. The largest absolute Gasteiger partial charge is 0.396 e. The van der Waals surface area contributed by atoms with E-state index in [0.717, 1.165) is 17.1 Å². The van der Waals surface area contributed by atoms with Crippen molar-refractivity contribution in [1.29, 1.82) is 5.26 Å². The number of hydrogen-bond donors (Lipinski definition) is 2. The smallest absolute Gasteiger partial charge is 0.103 e. The number of pyridine rings is 1. The first-order valence-corrected chi connectivity index (χ1v) is 6.55. The van der Waals surface area contributed by atoms with Crippen molar-refractivity contribution in [1.82, 2.24) is 4.98 Å². The van der Waals surface area contributed by atoms with Gasteiger partial charge in [0.2, 0.25) is 0 Å². The molecule has 0 bridgehead atoms. The molecule has 0 amide bonds. The van der Waals surface area contributed by atoms with Crippen LogP contribution in [-0.4, -0.2) is 22.7 Å².